The Hall–Kier alpha value is -0.310. The average Bonchev–Trinajstić information content (AvgIpc) is 2.58. The lowest BCUT2D eigenvalue weighted by atomic mass is 10.1. The molecule has 1 aliphatic rings. The Morgan fingerprint density at radius 1 is 1.36 bits per heavy atom. The molecule has 2 rings (SSSR count). The number of hydrogen-bond acceptors (Lipinski definition) is 2. The van der Waals surface area contributed by atoms with E-state index in [4.69, 9.17) is 0 Å². The molecule has 1 aliphatic heterocycles. The zero-order chi connectivity index (χ0) is 8.39. The van der Waals surface area contributed by atoms with Crippen molar-refractivity contribution < 1.29 is 0 Å². The van der Waals surface area contributed by atoms with Crippen molar-refractivity contribution in [3.63, 3.8) is 0 Å². The maximum atomic E-state index is 4.28. The van der Waals surface area contributed by atoms with E-state index < -0.39 is 0 Å². The van der Waals surface area contributed by atoms with Gasteiger partial charge in [0.1, 0.15) is 0 Å². The standard InChI is InChI=1S/C10H14N2.2ClH/c1-8-4-5-9(7-12-8)10-3-2-6-11-10;;/h4-5,7,10-11H,2-3,6H2,1H3;2*1H. The highest BCUT2D eigenvalue weighted by Crippen LogP contribution is 2.21. The Balaban J connectivity index is 0.000000845. The van der Waals surface area contributed by atoms with Crippen LogP contribution >= 0.6 is 24.8 Å². The van der Waals surface area contributed by atoms with Crippen molar-refractivity contribution in [2.45, 2.75) is 25.8 Å². The van der Waals surface area contributed by atoms with Gasteiger partial charge in [0.05, 0.1) is 0 Å². The molecule has 1 aromatic heterocycles. The molecule has 14 heavy (non-hydrogen) atoms. The third-order valence-corrected chi connectivity index (χ3v) is 2.40. The summed E-state index contributed by atoms with van der Waals surface area (Å²) in [6, 6.07) is 4.80. The van der Waals surface area contributed by atoms with Crippen LogP contribution in [0.1, 0.15) is 30.1 Å². The van der Waals surface area contributed by atoms with Crippen LogP contribution in [0.25, 0.3) is 0 Å². The fraction of sp³-hybridized carbons (Fsp3) is 0.500. The minimum atomic E-state index is 0. The molecule has 1 unspecified atom stereocenters. The maximum absolute atomic E-state index is 4.28. The Bertz CT molecular complexity index is 255. The monoisotopic (exact) mass is 234 g/mol. The Morgan fingerprint density at radius 3 is 2.64 bits per heavy atom. The number of aromatic nitrogens is 1. The SMILES string of the molecule is Cc1ccc(C2CCCN2)cn1.Cl.Cl. The molecule has 0 aromatic carbocycles. The topological polar surface area (TPSA) is 24.9 Å². The van der Waals surface area contributed by atoms with Gasteiger partial charge >= 0.3 is 0 Å². The zero-order valence-electron chi connectivity index (χ0n) is 8.19. The van der Waals surface area contributed by atoms with E-state index >= 15 is 0 Å². The first kappa shape index (κ1) is 13.7. The summed E-state index contributed by atoms with van der Waals surface area (Å²) < 4.78 is 0. The molecule has 0 radical (unpaired) electrons. The van der Waals surface area contributed by atoms with Gasteiger partial charge in [0.25, 0.3) is 0 Å². The summed E-state index contributed by atoms with van der Waals surface area (Å²) in [5.74, 6) is 0. The minimum absolute atomic E-state index is 0. The molecule has 1 aromatic rings. The molecule has 2 heterocycles. The van der Waals surface area contributed by atoms with Crippen LogP contribution in [0.5, 0.6) is 0 Å². The summed E-state index contributed by atoms with van der Waals surface area (Å²) in [6.07, 6.45) is 4.53. The smallest absolute Gasteiger partial charge is 0.0372 e. The molecule has 0 amide bonds. The van der Waals surface area contributed by atoms with Gasteiger partial charge in [0.15, 0.2) is 0 Å². The minimum Gasteiger partial charge on any atom is -0.310 e. The molecule has 0 saturated carbocycles. The van der Waals surface area contributed by atoms with Gasteiger partial charge < -0.3 is 5.32 Å². The number of pyridine rings is 1. The van der Waals surface area contributed by atoms with Crippen molar-refractivity contribution in [3.8, 4) is 0 Å². The van der Waals surface area contributed by atoms with E-state index in [1.807, 2.05) is 13.1 Å². The molecule has 0 bridgehead atoms. The van der Waals surface area contributed by atoms with E-state index in [1.54, 1.807) is 0 Å². The molecule has 1 fully saturated rings. The quantitative estimate of drug-likeness (QED) is 0.809. The molecule has 4 heteroatoms. The van der Waals surface area contributed by atoms with Crippen molar-refractivity contribution in [3.05, 3.63) is 29.6 Å². The summed E-state index contributed by atoms with van der Waals surface area (Å²) in [6.45, 7) is 3.17. The zero-order valence-corrected chi connectivity index (χ0v) is 9.83. The lowest BCUT2D eigenvalue weighted by molar-refractivity contribution is 0.644. The normalized spacial score (nSPS) is 19.6. The third kappa shape index (κ3) is 3.12. The summed E-state index contributed by atoms with van der Waals surface area (Å²) in [7, 11) is 0. The molecule has 0 spiro atoms. The molecule has 0 aliphatic carbocycles. The van der Waals surface area contributed by atoms with Crippen LogP contribution in [0, 0.1) is 6.92 Å². The molecule has 1 N–H and O–H groups in total. The van der Waals surface area contributed by atoms with Gasteiger partial charge in [-0.2, -0.15) is 0 Å². The number of nitrogens with one attached hydrogen (secondary N) is 1. The van der Waals surface area contributed by atoms with Crippen molar-refractivity contribution >= 4 is 24.8 Å². The lowest BCUT2D eigenvalue weighted by Crippen LogP contribution is -2.12. The molecular weight excluding hydrogens is 219 g/mol. The number of halogens is 2. The van der Waals surface area contributed by atoms with Crippen LogP contribution in [0.3, 0.4) is 0 Å². The second-order valence-electron chi connectivity index (χ2n) is 3.38. The Morgan fingerprint density at radius 2 is 2.14 bits per heavy atom. The molecular formula is C10H16Cl2N2. The Labute approximate surface area is 97.3 Å². The maximum Gasteiger partial charge on any atom is 0.0372 e. The highest BCUT2D eigenvalue weighted by Gasteiger charge is 2.15. The van der Waals surface area contributed by atoms with Gasteiger partial charge in [-0.25, -0.2) is 0 Å². The first-order valence-electron chi connectivity index (χ1n) is 4.52. The number of nitrogens with zero attached hydrogens (tertiary/aromatic N) is 1. The van der Waals surface area contributed by atoms with Crippen molar-refractivity contribution in [1.82, 2.24) is 10.3 Å². The van der Waals surface area contributed by atoms with Gasteiger partial charge in [-0.15, -0.1) is 24.8 Å². The molecule has 1 saturated heterocycles. The summed E-state index contributed by atoms with van der Waals surface area (Å²) in [5, 5.41) is 3.45. The van der Waals surface area contributed by atoms with Gasteiger partial charge in [0.2, 0.25) is 0 Å². The first-order chi connectivity index (χ1) is 5.86. The van der Waals surface area contributed by atoms with E-state index in [2.05, 4.69) is 22.4 Å². The first-order valence-corrected chi connectivity index (χ1v) is 4.52. The predicted octanol–water partition coefficient (Wildman–Crippen LogP) is 2.66. The fourth-order valence-corrected chi connectivity index (χ4v) is 1.65. The molecule has 80 valence electrons. The predicted molar refractivity (Wildman–Crippen MR) is 63.4 cm³/mol. The summed E-state index contributed by atoms with van der Waals surface area (Å²) in [4.78, 5) is 4.28. The van der Waals surface area contributed by atoms with Crippen molar-refractivity contribution in [2.24, 2.45) is 0 Å². The van der Waals surface area contributed by atoms with Crippen molar-refractivity contribution in [1.29, 1.82) is 0 Å². The number of hydrogen-bond donors (Lipinski definition) is 1. The second-order valence-corrected chi connectivity index (χ2v) is 3.38. The van der Waals surface area contributed by atoms with Gasteiger partial charge in [-0.05, 0) is 37.9 Å². The Kier molecular flexibility index (Phi) is 6.09. The highest BCUT2D eigenvalue weighted by atomic mass is 35.5. The summed E-state index contributed by atoms with van der Waals surface area (Å²) in [5.41, 5.74) is 2.43. The van der Waals surface area contributed by atoms with Gasteiger partial charge in [0, 0.05) is 17.9 Å². The largest absolute Gasteiger partial charge is 0.310 e. The lowest BCUT2D eigenvalue weighted by Gasteiger charge is -2.09. The van der Waals surface area contributed by atoms with Crippen LogP contribution in [-0.4, -0.2) is 11.5 Å². The van der Waals surface area contributed by atoms with E-state index in [-0.39, 0.29) is 24.8 Å². The van der Waals surface area contributed by atoms with Crippen LogP contribution in [0.2, 0.25) is 0 Å². The summed E-state index contributed by atoms with van der Waals surface area (Å²) >= 11 is 0. The van der Waals surface area contributed by atoms with E-state index in [0.717, 1.165) is 12.2 Å². The number of rotatable bonds is 1. The molecule has 1 atom stereocenters. The van der Waals surface area contributed by atoms with Gasteiger partial charge in [-0.1, -0.05) is 6.07 Å². The van der Waals surface area contributed by atoms with E-state index in [0.29, 0.717) is 6.04 Å². The second kappa shape index (κ2) is 6.23. The van der Waals surface area contributed by atoms with Gasteiger partial charge in [-0.3, -0.25) is 4.98 Å². The van der Waals surface area contributed by atoms with Crippen molar-refractivity contribution in [2.75, 3.05) is 6.54 Å². The third-order valence-electron chi connectivity index (χ3n) is 2.40. The van der Waals surface area contributed by atoms with Crippen LogP contribution in [0.4, 0.5) is 0 Å². The average molecular weight is 235 g/mol. The van der Waals surface area contributed by atoms with E-state index in [9.17, 15) is 0 Å². The van der Waals surface area contributed by atoms with Crippen LogP contribution < -0.4 is 5.32 Å². The van der Waals surface area contributed by atoms with E-state index in [1.165, 1.54) is 18.4 Å². The van der Waals surface area contributed by atoms with Crippen LogP contribution in [0.15, 0.2) is 18.3 Å². The molecule has 2 nitrogen and oxygen atoms in total. The van der Waals surface area contributed by atoms with Crippen LogP contribution in [-0.2, 0) is 0 Å². The fourth-order valence-electron chi connectivity index (χ4n) is 1.65. The highest BCUT2D eigenvalue weighted by molar-refractivity contribution is 5.85. The number of aryl methyl sites for hydroxylation is 1.